The van der Waals surface area contributed by atoms with Crippen molar-refractivity contribution in [1.82, 2.24) is 9.97 Å². The minimum Gasteiger partial charge on any atom is -0.367 e. The number of benzene rings is 1. The Labute approximate surface area is 106 Å². The van der Waals surface area contributed by atoms with Crippen LogP contribution in [0.3, 0.4) is 0 Å². The molecule has 90 valence electrons. The summed E-state index contributed by atoms with van der Waals surface area (Å²) in [5.74, 6) is 0.807. The third kappa shape index (κ3) is 2.50. The van der Waals surface area contributed by atoms with Crippen LogP contribution in [0.2, 0.25) is 5.28 Å². The third-order valence-corrected chi connectivity index (χ3v) is 2.70. The maximum absolute atomic E-state index is 5.96. The van der Waals surface area contributed by atoms with E-state index in [4.69, 9.17) is 11.6 Å². The summed E-state index contributed by atoms with van der Waals surface area (Å²) in [6.45, 7) is 8.26. The second kappa shape index (κ2) is 4.49. The highest BCUT2D eigenvalue weighted by atomic mass is 35.5. The summed E-state index contributed by atoms with van der Waals surface area (Å²) in [5.41, 5.74) is 3.24. The van der Waals surface area contributed by atoms with Crippen LogP contribution in [-0.4, -0.2) is 16.0 Å². The lowest BCUT2D eigenvalue weighted by molar-refractivity contribution is 0.890. The molecule has 1 N–H and O–H groups in total. The molecule has 0 aliphatic heterocycles. The van der Waals surface area contributed by atoms with E-state index >= 15 is 0 Å². The quantitative estimate of drug-likeness (QED) is 0.825. The lowest BCUT2D eigenvalue weighted by Gasteiger charge is -2.13. The van der Waals surface area contributed by atoms with Crippen LogP contribution in [0.1, 0.15) is 25.0 Å². The molecule has 0 fully saturated rings. The zero-order valence-electron chi connectivity index (χ0n) is 10.5. The van der Waals surface area contributed by atoms with Crippen molar-refractivity contribution in [2.24, 2.45) is 0 Å². The predicted octanol–water partition coefficient (Wildman–Crippen LogP) is 3.72. The van der Waals surface area contributed by atoms with E-state index in [9.17, 15) is 0 Å². The van der Waals surface area contributed by atoms with E-state index in [1.54, 1.807) is 0 Å². The average Bonchev–Trinajstić information content (AvgIpc) is 2.19. The summed E-state index contributed by atoms with van der Waals surface area (Å²) in [4.78, 5) is 8.57. The fourth-order valence-electron chi connectivity index (χ4n) is 1.94. The molecule has 17 heavy (non-hydrogen) atoms. The lowest BCUT2D eigenvalue weighted by atomic mass is 10.1. The van der Waals surface area contributed by atoms with E-state index in [0.717, 1.165) is 22.3 Å². The minimum atomic E-state index is 0.285. The molecule has 0 radical (unpaired) electrons. The molecule has 0 amide bonds. The van der Waals surface area contributed by atoms with Gasteiger partial charge in [-0.2, -0.15) is 0 Å². The maximum atomic E-state index is 5.96. The van der Waals surface area contributed by atoms with Gasteiger partial charge in [-0.25, -0.2) is 9.97 Å². The molecule has 0 bridgehead atoms. The van der Waals surface area contributed by atoms with Crippen molar-refractivity contribution in [1.29, 1.82) is 0 Å². The number of halogens is 1. The molecule has 0 atom stereocenters. The zero-order valence-corrected chi connectivity index (χ0v) is 11.3. The first kappa shape index (κ1) is 12.1. The van der Waals surface area contributed by atoms with Gasteiger partial charge in [0.05, 0.1) is 5.52 Å². The first-order chi connectivity index (χ1) is 7.97. The van der Waals surface area contributed by atoms with Gasteiger partial charge in [-0.15, -0.1) is 0 Å². The predicted molar refractivity (Wildman–Crippen MR) is 72.8 cm³/mol. The van der Waals surface area contributed by atoms with Crippen LogP contribution in [0.25, 0.3) is 10.9 Å². The molecule has 1 heterocycles. The number of nitrogens with one attached hydrogen (secondary N) is 1. The molecular formula is C13H16ClN3. The Balaban J connectivity index is 2.73. The molecule has 0 saturated carbocycles. The van der Waals surface area contributed by atoms with Crippen molar-refractivity contribution in [3.63, 3.8) is 0 Å². The van der Waals surface area contributed by atoms with Crippen molar-refractivity contribution < 1.29 is 0 Å². The van der Waals surface area contributed by atoms with Crippen LogP contribution >= 0.6 is 11.6 Å². The van der Waals surface area contributed by atoms with Gasteiger partial charge in [0.15, 0.2) is 0 Å². The van der Waals surface area contributed by atoms with Crippen molar-refractivity contribution in [2.45, 2.75) is 33.7 Å². The third-order valence-electron chi connectivity index (χ3n) is 2.53. The Bertz CT molecular complexity index is 564. The number of aryl methyl sites for hydroxylation is 2. The van der Waals surface area contributed by atoms with Gasteiger partial charge < -0.3 is 5.32 Å². The van der Waals surface area contributed by atoms with Crippen LogP contribution in [0.5, 0.6) is 0 Å². The van der Waals surface area contributed by atoms with Crippen molar-refractivity contribution >= 4 is 28.3 Å². The van der Waals surface area contributed by atoms with Crippen molar-refractivity contribution in [3.8, 4) is 0 Å². The first-order valence-corrected chi connectivity index (χ1v) is 6.06. The second-order valence-corrected chi connectivity index (χ2v) is 4.96. The summed E-state index contributed by atoms with van der Waals surface area (Å²) in [6, 6.07) is 4.50. The first-order valence-electron chi connectivity index (χ1n) is 5.68. The Morgan fingerprint density at radius 2 is 1.88 bits per heavy atom. The van der Waals surface area contributed by atoms with Crippen LogP contribution in [-0.2, 0) is 0 Å². The molecular weight excluding hydrogens is 234 g/mol. The molecule has 3 nitrogen and oxygen atoms in total. The Kier molecular flexibility index (Phi) is 3.20. The second-order valence-electron chi connectivity index (χ2n) is 4.62. The van der Waals surface area contributed by atoms with E-state index in [1.165, 1.54) is 5.56 Å². The summed E-state index contributed by atoms with van der Waals surface area (Å²) in [6.07, 6.45) is 0. The molecule has 0 aliphatic carbocycles. The summed E-state index contributed by atoms with van der Waals surface area (Å²) < 4.78 is 0. The molecule has 0 spiro atoms. The van der Waals surface area contributed by atoms with E-state index in [1.807, 2.05) is 6.92 Å². The number of aromatic nitrogens is 2. The van der Waals surface area contributed by atoms with Crippen molar-refractivity contribution in [2.75, 3.05) is 5.32 Å². The summed E-state index contributed by atoms with van der Waals surface area (Å²) in [5, 5.41) is 4.62. The van der Waals surface area contributed by atoms with Crippen LogP contribution in [0.15, 0.2) is 12.1 Å². The minimum absolute atomic E-state index is 0.285. The van der Waals surface area contributed by atoms with Gasteiger partial charge in [0.2, 0.25) is 5.28 Å². The fraction of sp³-hybridized carbons (Fsp3) is 0.385. The van der Waals surface area contributed by atoms with Gasteiger partial charge in [-0.3, -0.25) is 0 Å². The van der Waals surface area contributed by atoms with Gasteiger partial charge in [0, 0.05) is 11.4 Å². The van der Waals surface area contributed by atoms with Gasteiger partial charge >= 0.3 is 0 Å². The largest absolute Gasteiger partial charge is 0.367 e. The molecule has 4 heteroatoms. The van der Waals surface area contributed by atoms with Crippen LogP contribution in [0, 0.1) is 13.8 Å². The number of anilines is 1. The number of hydrogen-bond acceptors (Lipinski definition) is 3. The van der Waals surface area contributed by atoms with Crippen molar-refractivity contribution in [3.05, 3.63) is 28.5 Å². The molecule has 0 saturated heterocycles. The molecule has 0 aliphatic rings. The van der Waals surface area contributed by atoms with Crippen LogP contribution < -0.4 is 5.32 Å². The van der Waals surface area contributed by atoms with Gasteiger partial charge in [-0.1, -0.05) is 6.07 Å². The highest BCUT2D eigenvalue weighted by Crippen LogP contribution is 2.26. The average molecular weight is 250 g/mol. The van der Waals surface area contributed by atoms with Gasteiger partial charge in [0.25, 0.3) is 0 Å². The lowest BCUT2D eigenvalue weighted by Crippen LogP contribution is -2.12. The fourth-order valence-corrected chi connectivity index (χ4v) is 2.11. The number of fused-ring (bicyclic) bond motifs is 1. The van der Waals surface area contributed by atoms with Gasteiger partial charge in [-0.05, 0) is 56.5 Å². The number of nitrogens with zero attached hydrogens (tertiary/aromatic N) is 2. The highest BCUT2D eigenvalue weighted by Gasteiger charge is 2.10. The van der Waals surface area contributed by atoms with E-state index in [2.05, 4.69) is 48.2 Å². The molecule has 2 aromatic rings. The van der Waals surface area contributed by atoms with E-state index in [0.29, 0.717) is 6.04 Å². The van der Waals surface area contributed by atoms with E-state index in [-0.39, 0.29) is 5.28 Å². The molecule has 2 rings (SSSR count). The monoisotopic (exact) mass is 249 g/mol. The highest BCUT2D eigenvalue weighted by molar-refractivity contribution is 6.28. The summed E-state index contributed by atoms with van der Waals surface area (Å²) in [7, 11) is 0. The SMILES string of the molecule is Cc1cc(C)c2nc(Cl)nc(NC(C)C)c2c1. The number of rotatable bonds is 2. The molecule has 1 aromatic carbocycles. The van der Waals surface area contributed by atoms with Gasteiger partial charge in [0.1, 0.15) is 5.82 Å². The maximum Gasteiger partial charge on any atom is 0.224 e. The Morgan fingerprint density at radius 1 is 1.18 bits per heavy atom. The van der Waals surface area contributed by atoms with E-state index < -0.39 is 0 Å². The normalized spacial score (nSPS) is 11.2. The Morgan fingerprint density at radius 3 is 2.53 bits per heavy atom. The number of hydrogen-bond donors (Lipinski definition) is 1. The Hall–Kier alpha value is -1.35. The van der Waals surface area contributed by atoms with Crippen LogP contribution in [0.4, 0.5) is 5.82 Å². The topological polar surface area (TPSA) is 37.8 Å². The summed E-state index contributed by atoms with van der Waals surface area (Å²) >= 11 is 5.96. The molecule has 0 unspecified atom stereocenters. The zero-order chi connectivity index (χ0) is 12.6. The smallest absolute Gasteiger partial charge is 0.224 e. The molecule has 1 aromatic heterocycles. The standard InChI is InChI=1S/C13H16ClN3/c1-7(2)15-12-10-6-8(3)5-9(4)11(10)16-13(14)17-12/h5-7H,1-4H3,(H,15,16,17).